The van der Waals surface area contributed by atoms with E-state index in [-0.39, 0.29) is 11.8 Å². The van der Waals surface area contributed by atoms with E-state index in [0.717, 1.165) is 68.3 Å². The number of piperidine rings is 2. The predicted octanol–water partition coefficient (Wildman–Crippen LogP) is 4.21. The van der Waals surface area contributed by atoms with Gasteiger partial charge >= 0.3 is 0 Å². The summed E-state index contributed by atoms with van der Waals surface area (Å²) >= 11 is 0. The highest BCUT2D eigenvalue weighted by Gasteiger charge is 2.32. The summed E-state index contributed by atoms with van der Waals surface area (Å²) in [5, 5.41) is 0.818. The van der Waals surface area contributed by atoms with E-state index in [9.17, 15) is 13.2 Å². The molecule has 1 aromatic heterocycles. The fourth-order valence-electron chi connectivity index (χ4n) is 6.01. The average Bonchev–Trinajstić information content (AvgIpc) is 2.96. The van der Waals surface area contributed by atoms with Crippen LogP contribution in [0.3, 0.4) is 0 Å². The molecule has 0 aliphatic carbocycles. The second-order valence-electron chi connectivity index (χ2n) is 10.6. The minimum absolute atomic E-state index is 0.0337. The molecule has 1 amide bonds. The Labute approximate surface area is 219 Å². The molecule has 0 saturated carbocycles. The van der Waals surface area contributed by atoms with Crippen LogP contribution in [0.5, 0.6) is 0 Å². The van der Waals surface area contributed by atoms with Crippen LogP contribution in [-0.2, 0) is 27.8 Å². The standard InChI is InChI=1S/C29H34N4O3S/c34-29(32-18-14-22-7-2-3-8-24(22)20-32)25-9-6-15-31(21-25)28-13-10-23-19-26(11-12-27(23)30-28)37(35,36)33-16-4-1-5-17-33/h2-3,7-8,10-13,19,25H,1,4-6,9,14-18,20-21H2. The molecule has 2 fully saturated rings. The van der Waals surface area contributed by atoms with E-state index in [1.165, 1.54) is 11.1 Å². The minimum Gasteiger partial charge on any atom is -0.356 e. The van der Waals surface area contributed by atoms with E-state index in [1.807, 2.05) is 29.2 Å². The molecular formula is C29H34N4O3S. The zero-order valence-electron chi connectivity index (χ0n) is 21.2. The molecule has 1 atom stereocenters. The van der Waals surface area contributed by atoms with Gasteiger partial charge in [-0.1, -0.05) is 30.7 Å². The summed E-state index contributed by atoms with van der Waals surface area (Å²) in [6, 6.07) is 17.6. The van der Waals surface area contributed by atoms with Crippen LogP contribution in [0.2, 0.25) is 0 Å². The van der Waals surface area contributed by atoms with Crippen LogP contribution in [0.25, 0.3) is 10.9 Å². The maximum absolute atomic E-state index is 13.4. The molecule has 0 bridgehead atoms. The predicted molar refractivity (Wildman–Crippen MR) is 145 cm³/mol. The van der Waals surface area contributed by atoms with Gasteiger partial charge in [-0.15, -0.1) is 0 Å². The van der Waals surface area contributed by atoms with Gasteiger partial charge in [-0.2, -0.15) is 4.31 Å². The maximum atomic E-state index is 13.4. The molecule has 0 spiro atoms. The van der Waals surface area contributed by atoms with Crippen molar-refractivity contribution >= 4 is 32.7 Å². The maximum Gasteiger partial charge on any atom is 0.243 e. The number of nitrogens with zero attached hydrogens (tertiary/aromatic N) is 4. The third kappa shape index (κ3) is 4.84. The monoisotopic (exact) mass is 518 g/mol. The molecule has 0 radical (unpaired) electrons. The Hall–Kier alpha value is -2.97. The number of amides is 1. The average molecular weight is 519 g/mol. The summed E-state index contributed by atoms with van der Waals surface area (Å²) in [6.07, 6.45) is 5.70. The normalized spacial score (nSPS) is 21.1. The molecular weight excluding hydrogens is 484 g/mol. The van der Waals surface area contributed by atoms with Crippen molar-refractivity contribution in [2.45, 2.75) is 50.0 Å². The van der Waals surface area contributed by atoms with Gasteiger partial charge in [0, 0.05) is 44.7 Å². The summed E-state index contributed by atoms with van der Waals surface area (Å²) in [4.78, 5) is 22.9. The smallest absolute Gasteiger partial charge is 0.243 e. The van der Waals surface area contributed by atoms with E-state index in [2.05, 4.69) is 23.1 Å². The number of sulfonamides is 1. The second-order valence-corrected chi connectivity index (χ2v) is 12.5. The first-order valence-electron chi connectivity index (χ1n) is 13.5. The molecule has 3 aliphatic heterocycles. The number of rotatable bonds is 4. The number of aromatic nitrogens is 1. The molecule has 7 nitrogen and oxygen atoms in total. The van der Waals surface area contributed by atoms with Crippen molar-refractivity contribution in [3.8, 4) is 0 Å². The van der Waals surface area contributed by atoms with Gasteiger partial charge in [0.1, 0.15) is 5.82 Å². The van der Waals surface area contributed by atoms with Gasteiger partial charge in [0.2, 0.25) is 15.9 Å². The van der Waals surface area contributed by atoms with E-state index in [4.69, 9.17) is 4.98 Å². The molecule has 6 rings (SSSR count). The highest BCUT2D eigenvalue weighted by molar-refractivity contribution is 7.89. The van der Waals surface area contributed by atoms with E-state index in [0.29, 0.717) is 31.1 Å². The van der Waals surface area contributed by atoms with Crippen molar-refractivity contribution in [1.29, 1.82) is 0 Å². The van der Waals surface area contributed by atoms with Gasteiger partial charge in [0.05, 0.1) is 16.3 Å². The fraction of sp³-hybridized carbons (Fsp3) is 0.448. The first kappa shape index (κ1) is 24.4. The molecule has 8 heteroatoms. The molecule has 3 aromatic rings. The van der Waals surface area contributed by atoms with Gasteiger partial charge in [0.25, 0.3) is 0 Å². The van der Waals surface area contributed by atoms with E-state index >= 15 is 0 Å². The molecule has 194 valence electrons. The molecule has 4 heterocycles. The number of benzene rings is 2. The van der Waals surface area contributed by atoms with Crippen LogP contribution in [0.15, 0.2) is 59.5 Å². The van der Waals surface area contributed by atoms with Crippen LogP contribution in [0, 0.1) is 5.92 Å². The minimum atomic E-state index is -3.48. The summed E-state index contributed by atoms with van der Waals surface area (Å²) in [6.45, 7) is 4.20. The van der Waals surface area contributed by atoms with E-state index in [1.54, 1.807) is 16.4 Å². The first-order chi connectivity index (χ1) is 18.0. The summed E-state index contributed by atoms with van der Waals surface area (Å²) < 4.78 is 27.8. The van der Waals surface area contributed by atoms with Crippen molar-refractivity contribution in [1.82, 2.24) is 14.2 Å². The third-order valence-electron chi connectivity index (χ3n) is 8.14. The molecule has 2 aromatic carbocycles. The quantitative estimate of drug-likeness (QED) is 0.517. The van der Waals surface area contributed by atoms with E-state index < -0.39 is 10.0 Å². The van der Waals surface area contributed by atoms with Crippen LogP contribution in [-0.4, -0.2) is 61.2 Å². The number of pyridine rings is 1. The Balaban J connectivity index is 1.17. The van der Waals surface area contributed by atoms with Gasteiger partial charge < -0.3 is 9.80 Å². The highest BCUT2D eigenvalue weighted by Crippen LogP contribution is 2.29. The third-order valence-corrected chi connectivity index (χ3v) is 10.0. The lowest BCUT2D eigenvalue weighted by Gasteiger charge is -2.37. The molecule has 2 saturated heterocycles. The number of carbonyl (C=O) groups excluding carboxylic acids is 1. The first-order valence-corrected chi connectivity index (χ1v) is 14.9. The van der Waals surface area contributed by atoms with Gasteiger partial charge in [-0.05, 0) is 73.6 Å². The number of anilines is 1. The van der Waals surface area contributed by atoms with Crippen molar-refractivity contribution < 1.29 is 13.2 Å². The Kier molecular flexibility index (Phi) is 6.63. The largest absolute Gasteiger partial charge is 0.356 e. The molecule has 0 N–H and O–H groups in total. The van der Waals surface area contributed by atoms with Crippen LogP contribution in [0.4, 0.5) is 5.82 Å². The Bertz CT molecular complexity index is 1420. The molecule has 3 aliphatic rings. The summed E-state index contributed by atoms with van der Waals surface area (Å²) in [5.41, 5.74) is 3.38. The van der Waals surface area contributed by atoms with Crippen LogP contribution in [0.1, 0.15) is 43.2 Å². The zero-order chi connectivity index (χ0) is 25.4. The second kappa shape index (κ2) is 10.1. The van der Waals surface area contributed by atoms with Crippen molar-refractivity contribution in [2.24, 2.45) is 5.92 Å². The Morgan fingerprint density at radius 2 is 1.68 bits per heavy atom. The van der Waals surface area contributed by atoms with Crippen LogP contribution >= 0.6 is 0 Å². The summed E-state index contributed by atoms with van der Waals surface area (Å²) in [7, 11) is -3.48. The number of carbonyl (C=O) groups is 1. The molecule has 1 unspecified atom stereocenters. The SMILES string of the molecule is O=C(C1CCCN(c2ccc3cc(S(=O)(=O)N4CCCCC4)ccc3n2)C1)N1CCc2ccccc2C1. The number of hydrogen-bond acceptors (Lipinski definition) is 5. The fourth-order valence-corrected chi connectivity index (χ4v) is 7.57. The number of fused-ring (bicyclic) bond motifs is 2. The van der Waals surface area contributed by atoms with Crippen molar-refractivity contribution in [3.05, 3.63) is 65.7 Å². The van der Waals surface area contributed by atoms with Crippen LogP contribution < -0.4 is 4.90 Å². The van der Waals surface area contributed by atoms with Crippen molar-refractivity contribution in [3.63, 3.8) is 0 Å². The highest BCUT2D eigenvalue weighted by atomic mass is 32.2. The van der Waals surface area contributed by atoms with Gasteiger partial charge in [0.15, 0.2) is 0 Å². The summed E-state index contributed by atoms with van der Waals surface area (Å²) in [5.74, 6) is 1.06. The lowest BCUT2D eigenvalue weighted by Crippen LogP contribution is -2.46. The Morgan fingerprint density at radius 1 is 0.865 bits per heavy atom. The lowest BCUT2D eigenvalue weighted by atomic mass is 9.94. The topological polar surface area (TPSA) is 73.8 Å². The van der Waals surface area contributed by atoms with Crippen molar-refractivity contribution in [2.75, 3.05) is 37.6 Å². The van der Waals surface area contributed by atoms with Gasteiger partial charge in [-0.25, -0.2) is 13.4 Å². The molecule has 37 heavy (non-hydrogen) atoms. The number of hydrogen-bond donors (Lipinski definition) is 0. The lowest BCUT2D eigenvalue weighted by molar-refractivity contribution is -0.136. The zero-order valence-corrected chi connectivity index (χ0v) is 22.0. The Morgan fingerprint density at radius 3 is 2.51 bits per heavy atom. The van der Waals surface area contributed by atoms with Gasteiger partial charge in [-0.3, -0.25) is 4.79 Å².